The summed E-state index contributed by atoms with van der Waals surface area (Å²) in [4.78, 5) is 25.0. The summed E-state index contributed by atoms with van der Waals surface area (Å²) >= 11 is 0. The van der Waals surface area contributed by atoms with Gasteiger partial charge in [0.1, 0.15) is 6.04 Å². The summed E-state index contributed by atoms with van der Waals surface area (Å²) in [5.41, 5.74) is 1.57. The first-order chi connectivity index (χ1) is 10.1. The topological polar surface area (TPSA) is 78.9 Å². The van der Waals surface area contributed by atoms with Crippen molar-refractivity contribution in [3.05, 3.63) is 29.8 Å². The molecule has 1 aromatic carbocycles. The van der Waals surface area contributed by atoms with Gasteiger partial charge in [0.05, 0.1) is 0 Å². The molecule has 114 valence electrons. The van der Waals surface area contributed by atoms with Crippen LogP contribution in [0.3, 0.4) is 0 Å². The summed E-state index contributed by atoms with van der Waals surface area (Å²) in [6, 6.07) is 6.11. The lowest BCUT2D eigenvalue weighted by Gasteiger charge is -2.23. The van der Waals surface area contributed by atoms with Gasteiger partial charge in [0.15, 0.2) is 0 Å². The van der Waals surface area contributed by atoms with Gasteiger partial charge in [0.2, 0.25) is 0 Å². The lowest BCUT2D eigenvalue weighted by Crippen LogP contribution is -2.48. The van der Waals surface area contributed by atoms with Crippen LogP contribution in [0, 0.1) is 0 Å². The monoisotopic (exact) mass is 292 g/mol. The molecule has 0 saturated heterocycles. The van der Waals surface area contributed by atoms with Crippen molar-refractivity contribution in [3.8, 4) is 0 Å². The van der Waals surface area contributed by atoms with E-state index in [-0.39, 0.29) is 6.03 Å². The molecule has 21 heavy (non-hydrogen) atoms. The minimum absolute atomic E-state index is 0.350. The molecule has 1 aliphatic rings. The van der Waals surface area contributed by atoms with Crippen molar-refractivity contribution in [2.24, 2.45) is 0 Å². The number of nitrogens with zero attached hydrogens (tertiary/aromatic N) is 1. The van der Waals surface area contributed by atoms with E-state index in [4.69, 9.17) is 4.74 Å². The molecule has 2 N–H and O–H groups in total. The van der Waals surface area contributed by atoms with Crippen LogP contribution >= 0.6 is 0 Å². The van der Waals surface area contributed by atoms with Crippen molar-refractivity contribution in [2.45, 2.75) is 25.3 Å². The molecule has 1 aliphatic heterocycles. The first kappa shape index (κ1) is 15.3. The minimum atomic E-state index is -0.985. The minimum Gasteiger partial charge on any atom is -0.480 e. The normalized spacial score (nSPS) is 16.6. The zero-order valence-corrected chi connectivity index (χ0v) is 12.0. The fourth-order valence-electron chi connectivity index (χ4n) is 2.49. The number of methoxy groups -OCH3 is 1. The number of urea groups is 1. The Bertz CT molecular complexity index is 518. The molecular weight excluding hydrogens is 272 g/mol. The number of hydrogen-bond donors (Lipinski definition) is 2. The van der Waals surface area contributed by atoms with Crippen LogP contribution in [0.2, 0.25) is 0 Å². The molecule has 1 heterocycles. The smallest absolute Gasteiger partial charge is 0.327 e. The van der Waals surface area contributed by atoms with E-state index in [2.05, 4.69) is 5.32 Å². The van der Waals surface area contributed by atoms with Gasteiger partial charge in [0, 0.05) is 32.4 Å². The fourth-order valence-corrected chi connectivity index (χ4v) is 2.49. The van der Waals surface area contributed by atoms with Gasteiger partial charge in [-0.1, -0.05) is 18.2 Å². The number of carbonyl (C=O) groups excluding carboxylic acids is 1. The first-order valence-corrected chi connectivity index (χ1v) is 7.02. The summed E-state index contributed by atoms with van der Waals surface area (Å²) in [5.74, 6) is -0.985. The van der Waals surface area contributed by atoms with Gasteiger partial charge < -0.3 is 15.2 Å². The van der Waals surface area contributed by atoms with Crippen LogP contribution in [0.25, 0.3) is 0 Å². The van der Waals surface area contributed by atoms with Crippen LogP contribution in [0.5, 0.6) is 0 Å². The predicted octanol–water partition coefficient (Wildman–Crippen LogP) is 1.64. The van der Waals surface area contributed by atoms with E-state index >= 15 is 0 Å². The molecule has 1 aromatic rings. The molecule has 0 aromatic heterocycles. The number of amides is 2. The van der Waals surface area contributed by atoms with Crippen LogP contribution in [0.4, 0.5) is 10.5 Å². The number of carbonyl (C=O) groups is 2. The molecule has 0 aliphatic carbocycles. The zero-order valence-electron chi connectivity index (χ0n) is 12.0. The maximum Gasteiger partial charge on any atom is 0.327 e. The number of rotatable bonds is 6. The van der Waals surface area contributed by atoms with E-state index in [1.54, 1.807) is 13.2 Å². The molecular formula is C15H20N2O4. The van der Waals surface area contributed by atoms with Crippen molar-refractivity contribution >= 4 is 17.7 Å². The average molecular weight is 292 g/mol. The van der Waals surface area contributed by atoms with Gasteiger partial charge in [-0.25, -0.2) is 9.59 Å². The summed E-state index contributed by atoms with van der Waals surface area (Å²) < 4.78 is 4.94. The summed E-state index contributed by atoms with van der Waals surface area (Å²) in [7, 11) is 1.64. The number of nitrogens with one attached hydrogen (secondary N) is 1. The molecule has 0 radical (unpaired) electrons. The van der Waals surface area contributed by atoms with Gasteiger partial charge in [-0.15, -0.1) is 0 Å². The molecule has 6 nitrogen and oxygen atoms in total. The Labute approximate surface area is 123 Å². The number of benzene rings is 1. The average Bonchev–Trinajstić information content (AvgIpc) is 2.86. The van der Waals surface area contributed by atoms with Crippen molar-refractivity contribution in [2.75, 3.05) is 25.2 Å². The second-order valence-corrected chi connectivity index (χ2v) is 4.99. The first-order valence-electron chi connectivity index (χ1n) is 7.02. The third kappa shape index (κ3) is 3.52. The van der Waals surface area contributed by atoms with E-state index in [9.17, 15) is 14.7 Å². The van der Waals surface area contributed by atoms with Gasteiger partial charge in [-0.05, 0) is 24.5 Å². The standard InChI is InChI=1S/C15H20N2O4/c1-21-9-5-4-8-16-15(20)17-12-7-3-2-6-11(12)10-13(17)14(18)19/h2-3,6-7,13H,4-5,8-10H2,1H3,(H,16,20)(H,18,19). The Morgan fingerprint density at radius 2 is 2.14 bits per heavy atom. The van der Waals surface area contributed by atoms with Crippen molar-refractivity contribution < 1.29 is 19.4 Å². The van der Waals surface area contributed by atoms with Gasteiger partial charge in [-0.2, -0.15) is 0 Å². The number of ether oxygens (including phenoxy) is 1. The van der Waals surface area contributed by atoms with Crippen LogP contribution in [-0.4, -0.2) is 43.4 Å². The maximum absolute atomic E-state index is 12.3. The van der Waals surface area contributed by atoms with E-state index in [1.807, 2.05) is 18.2 Å². The largest absolute Gasteiger partial charge is 0.480 e. The van der Waals surface area contributed by atoms with E-state index in [1.165, 1.54) is 4.90 Å². The highest BCUT2D eigenvalue weighted by Crippen LogP contribution is 2.32. The quantitative estimate of drug-likeness (QED) is 0.781. The Morgan fingerprint density at radius 1 is 1.38 bits per heavy atom. The second-order valence-electron chi connectivity index (χ2n) is 4.99. The number of hydrogen-bond acceptors (Lipinski definition) is 3. The summed E-state index contributed by atoms with van der Waals surface area (Å²) in [5, 5.41) is 12.1. The number of carboxylic acids is 1. The molecule has 0 saturated carbocycles. The van der Waals surface area contributed by atoms with Gasteiger partial charge >= 0.3 is 12.0 Å². The number of unbranched alkanes of at least 4 members (excludes halogenated alkanes) is 1. The molecule has 0 bridgehead atoms. The number of carboxylic acid groups (broad SMARTS) is 1. The van der Waals surface area contributed by atoms with Crippen LogP contribution in [0.15, 0.2) is 24.3 Å². The Hall–Kier alpha value is -2.08. The highest BCUT2D eigenvalue weighted by molar-refractivity contribution is 6.01. The Morgan fingerprint density at radius 3 is 2.86 bits per heavy atom. The third-order valence-corrected chi connectivity index (χ3v) is 3.53. The van der Waals surface area contributed by atoms with Crippen LogP contribution in [-0.2, 0) is 16.0 Å². The second kappa shape index (κ2) is 7.08. The lowest BCUT2D eigenvalue weighted by molar-refractivity contribution is -0.138. The van der Waals surface area contributed by atoms with Crippen LogP contribution in [0.1, 0.15) is 18.4 Å². The van der Waals surface area contributed by atoms with Gasteiger partial charge in [0.25, 0.3) is 0 Å². The maximum atomic E-state index is 12.3. The molecule has 0 spiro atoms. The number of fused-ring (bicyclic) bond motifs is 1. The predicted molar refractivity (Wildman–Crippen MR) is 78.6 cm³/mol. The SMILES string of the molecule is COCCCCNC(=O)N1c2ccccc2CC1C(=O)O. The molecule has 2 amide bonds. The lowest BCUT2D eigenvalue weighted by atomic mass is 10.1. The number of anilines is 1. The van der Waals surface area contributed by atoms with Crippen LogP contribution < -0.4 is 10.2 Å². The fraction of sp³-hybridized carbons (Fsp3) is 0.467. The Balaban J connectivity index is 2.01. The molecule has 6 heteroatoms. The molecule has 1 unspecified atom stereocenters. The van der Waals surface area contributed by atoms with E-state index < -0.39 is 12.0 Å². The van der Waals surface area contributed by atoms with Crippen molar-refractivity contribution in [1.82, 2.24) is 5.32 Å². The van der Waals surface area contributed by atoms with Crippen molar-refractivity contribution in [3.63, 3.8) is 0 Å². The summed E-state index contributed by atoms with van der Waals surface area (Å²) in [6.07, 6.45) is 2.01. The van der Waals surface area contributed by atoms with Gasteiger partial charge in [-0.3, -0.25) is 4.90 Å². The van der Waals surface area contributed by atoms with E-state index in [0.29, 0.717) is 25.3 Å². The summed E-state index contributed by atoms with van der Waals surface area (Å²) in [6.45, 7) is 1.16. The third-order valence-electron chi connectivity index (χ3n) is 3.53. The number of aliphatic carboxylic acids is 1. The van der Waals surface area contributed by atoms with Crippen molar-refractivity contribution in [1.29, 1.82) is 0 Å². The molecule has 1 atom stereocenters. The molecule has 0 fully saturated rings. The number of para-hydroxylation sites is 1. The Kier molecular flexibility index (Phi) is 5.16. The highest BCUT2D eigenvalue weighted by atomic mass is 16.5. The molecule has 2 rings (SSSR count). The zero-order chi connectivity index (χ0) is 15.2. The van der Waals surface area contributed by atoms with E-state index in [0.717, 1.165) is 18.4 Å². The highest BCUT2D eigenvalue weighted by Gasteiger charge is 2.38.